The van der Waals surface area contributed by atoms with E-state index in [0.717, 1.165) is 11.5 Å². The summed E-state index contributed by atoms with van der Waals surface area (Å²) in [6.07, 6.45) is 4.52. The molecular weight excluding hydrogens is 240 g/mol. The lowest BCUT2D eigenvalue weighted by atomic mass is 10.2. The summed E-state index contributed by atoms with van der Waals surface area (Å²) >= 11 is 0. The van der Waals surface area contributed by atoms with Crippen molar-refractivity contribution in [3.63, 3.8) is 0 Å². The zero-order chi connectivity index (χ0) is 13.9. The average Bonchev–Trinajstić information content (AvgIpc) is 2.95. The molecule has 1 aliphatic carbocycles. The fourth-order valence-corrected chi connectivity index (χ4v) is 7.80. The molecule has 0 radical (unpaired) electrons. The minimum atomic E-state index is -2.07. The molecule has 1 fully saturated rings. The quantitative estimate of drug-likeness (QED) is 0.586. The molecule has 1 rings (SSSR count). The Bertz CT molecular complexity index is 241. The summed E-state index contributed by atoms with van der Waals surface area (Å²) < 4.78 is 12.9. The molecule has 3 heteroatoms. The molecule has 108 valence electrons. The lowest BCUT2D eigenvalue weighted by Gasteiger charge is -2.38. The van der Waals surface area contributed by atoms with Gasteiger partial charge in [-0.15, -0.1) is 0 Å². The van der Waals surface area contributed by atoms with Gasteiger partial charge in [0, 0.05) is 17.7 Å². The highest BCUT2D eigenvalue weighted by Gasteiger charge is 2.60. The molecule has 0 spiro atoms. The van der Waals surface area contributed by atoms with Gasteiger partial charge in [-0.05, 0) is 45.6 Å². The van der Waals surface area contributed by atoms with Crippen molar-refractivity contribution in [1.29, 1.82) is 0 Å². The minimum Gasteiger partial charge on any atom is -0.391 e. The van der Waals surface area contributed by atoms with Crippen molar-refractivity contribution in [3.8, 4) is 0 Å². The number of rotatable bonds is 8. The molecule has 0 aromatic heterocycles. The highest BCUT2D eigenvalue weighted by atomic mass is 28.4. The standard InChI is InChI=1S/C15H32O2Si/c1-8-9-14-10-15(14)18(13(6)7,16-11(2)3)17-12(4)5/h11-15H,8-10H2,1-7H3. The second-order valence-corrected chi connectivity index (χ2v) is 10.4. The van der Waals surface area contributed by atoms with E-state index in [1.807, 2.05) is 0 Å². The van der Waals surface area contributed by atoms with Crippen LogP contribution in [0.2, 0.25) is 11.1 Å². The molecule has 0 heterocycles. The fourth-order valence-electron chi connectivity index (χ4n) is 3.07. The smallest absolute Gasteiger partial charge is 0.344 e. The van der Waals surface area contributed by atoms with E-state index in [0.29, 0.717) is 5.54 Å². The van der Waals surface area contributed by atoms with Crippen LogP contribution in [-0.4, -0.2) is 20.8 Å². The van der Waals surface area contributed by atoms with E-state index in [9.17, 15) is 0 Å². The van der Waals surface area contributed by atoms with E-state index in [4.69, 9.17) is 8.85 Å². The monoisotopic (exact) mass is 272 g/mol. The van der Waals surface area contributed by atoms with E-state index < -0.39 is 8.56 Å². The van der Waals surface area contributed by atoms with E-state index >= 15 is 0 Å². The Balaban J connectivity index is 2.84. The van der Waals surface area contributed by atoms with Gasteiger partial charge in [-0.1, -0.05) is 33.6 Å². The maximum Gasteiger partial charge on any atom is 0.344 e. The molecule has 0 N–H and O–H groups in total. The second-order valence-electron chi connectivity index (χ2n) is 6.60. The fraction of sp³-hybridized carbons (Fsp3) is 1.00. The summed E-state index contributed by atoms with van der Waals surface area (Å²) in [4.78, 5) is 0. The normalized spacial score (nSPS) is 24.3. The van der Waals surface area contributed by atoms with Gasteiger partial charge in [0.2, 0.25) is 0 Å². The highest BCUT2D eigenvalue weighted by Crippen LogP contribution is 2.58. The lowest BCUT2D eigenvalue weighted by molar-refractivity contribution is 0.0960. The molecule has 1 aliphatic rings. The van der Waals surface area contributed by atoms with Crippen molar-refractivity contribution in [2.75, 3.05) is 0 Å². The summed E-state index contributed by atoms with van der Waals surface area (Å²) in [5, 5.41) is 0. The Morgan fingerprint density at radius 1 is 1.00 bits per heavy atom. The summed E-state index contributed by atoms with van der Waals surface area (Å²) in [6, 6.07) is 0. The molecule has 18 heavy (non-hydrogen) atoms. The number of hydrogen-bond acceptors (Lipinski definition) is 2. The minimum absolute atomic E-state index is 0.278. The number of hydrogen-bond donors (Lipinski definition) is 0. The van der Waals surface area contributed by atoms with Gasteiger partial charge in [0.25, 0.3) is 0 Å². The van der Waals surface area contributed by atoms with Crippen LogP contribution < -0.4 is 0 Å². The van der Waals surface area contributed by atoms with Gasteiger partial charge in [0.05, 0.1) is 0 Å². The summed E-state index contributed by atoms with van der Waals surface area (Å²) in [6.45, 7) is 15.4. The van der Waals surface area contributed by atoms with Gasteiger partial charge in [0.1, 0.15) is 0 Å². The molecule has 1 saturated carbocycles. The molecule has 0 bridgehead atoms. The Hall–Kier alpha value is 0.137. The third-order valence-corrected chi connectivity index (χ3v) is 8.77. The average molecular weight is 273 g/mol. The Kier molecular flexibility index (Phi) is 5.88. The first-order chi connectivity index (χ1) is 8.33. The molecule has 0 aromatic rings. The predicted octanol–water partition coefficient (Wildman–Crippen LogP) is 4.88. The maximum atomic E-state index is 6.43. The van der Waals surface area contributed by atoms with Crippen LogP contribution in [0.3, 0.4) is 0 Å². The maximum absolute atomic E-state index is 6.43. The van der Waals surface area contributed by atoms with Crippen molar-refractivity contribution >= 4 is 8.56 Å². The first-order valence-electron chi connectivity index (χ1n) is 7.69. The van der Waals surface area contributed by atoms with Gasteiger partial charge in [-0.25, -0.2) is 0 Å². The predicted molar refractivity (Wildman–Crippen MR) is 80.1 cm³/mol. The molecule has 0 amide bonds. The molecule has 0 aliphatic heterocycles. The molecule has 2 nitrogen and oxygen atoms in total. The largest absolute Gasteiger partial charge is 0.391 e. The Morgan fingerprint density at radius 3 is 1.83 bits per heavy atom. The SMILES string of the molecule is CCCC1CC1[Si](OC(C)C)(OC(C)C)C(C)C. The lowest BCUT2D eigenvalue weighted by Crippen LogP contribution is -2.49. The third-order valence-electron chi connectivity index (χ3n) is 3.74. The van der Waals surface area contributed by atoms with Crippen LogP contribution in [0, 0.1) is 5.92 Å². The van der Waals surface area contributed by atoms with Crippen LogP contribution in [0.25, 0.3) is 0 Å². The first kappa shape index (κ1) is 16.2. The summed E-state index contributed by atoms with van der Waals surface area (Å²) in [5.74, 6) is 0.863. The molecular formula is C15H32O2Si. The first-order valence-corrected chi connectivity index (χ1v) is 9.66. The van der Waals surface area contributed by atoms with Crippen LogP contribution in [0.15, 0.2) is 0 Å². The topological polar surface area (TPSA) is 18.5 Å². The molecule has 2 unspecified atom stereocenters. The van der Waals surface area contributed by atoms with Crippen LogP contribution in [0.1, 0.15) is 67.7 Å². The van der Waals surface area contributed by atoms with E-state index in [1.165, 1.54) is 19.3 Å². The van der Waals surface area contributed by atoms with Gasteiger partial charge in [-0.2, -0.15) is 0 Å². The van der Waals surface area contributed by atoms with Crippen LogP contribution in [-0.2, 0) is 8.85 Å². The van der Waals surface area contributed by atoms with E-state index in [1.54, 1.807) is 0 Å². The van der Waals surface area contributed by atoms with Crippen molar-refractivity contribution < 1.29 is 8.85 Å². The zero-order valence-electron chi connectivity index (χ0n) is 13.3. The zero-order valence-corrected chi connectivity index (χ0v) is 14.3. The van der Waals surface area contributed by atoms with Crippen molar-refractivity contribution in [2.24, 2.45) is 5.92 Å². The Labute approximate surface area is 115 Å². The van der Waals surface area contributed by atoms with Crippen molar-refractivity contribution in [3.05, 3.63) is 0 Å². The highest BCUT2D eigenvalue weighted by molar-refractivity contribution is 6.71. The Morgan fingerprint density at radius 2 is 1.50 bits per heavy atom. The second kappa shape index (κ2) is 6.53. The van der Waals surface area contributed by atoms with Gasteiger partial charge in [-0.3, -0.25) is 0 Å². The van der Waals surface area contributed by atoms with Gasteiger partial charge >= 0.3 is 8.56 Å². The van der Waals surface area contributed by atoms with E-state index in [-0.39, 0.29) is 12.2 Å². The molecule has 0 aromatic carbocycles. The summed E-state index contributed by atoms with van der Waals surface area (Å²) in [7, 11) is -2.07. The van der Waals surface area contributed by atoms with Crippen molar-refractivity contribution in [2.45, 2.75) is 91.0 Å². The van der Waals surface area contributed by atoms with E-state index in [2.05, 4.69) is 48.5 Å². The van der Waals surface area contributed by atoms with Crippen LogP contribution >= 0.6 is 0 Å². The molecule has 2 atom stereocenters. The van der Waals surface area contributed by atoms with Gasteiger partial charge < -0.3 is 8.85 Å². The summed E-state index contributed by atoms with van der Waals surface area (Å²) in [5.41, 5.74) is 1.26. The van der Waals surface area contributed by atoms with Crippen LogP contribution in [0.5, 0.6) is 0 Å². The van der Waals surface area contributed by atoms with Crippen molar-refractivity contribution in [1.82, 2.24) is 0 Å². The molecule has 0 saturated heterocycles. The third kappa shape index (κ3) is 3.81. The van der Waals surface area contributed by atoms with Gasteiger partial charge in [0.15, 0.2) is 0 Å². The van der Waals surface area contributed by atoms with Crippen LogP contribution in [0.4, 0.5) is 0 Å².